The van der Waals surface area contributed by atoms with Crippen LogP contribution in [0, 0.1) is 0 Å². The van der Waals surface area contributed by atoms with Gasteiger partial charge in [0.15, 0.2) is 11.2 Å². The second-order valence-electron chi connectivity index (χ2n) is 4.92. The summed E-state index contributed by atoms with van der Waals surface area (Å²) in [6, 6.07) is 6.91. The average molecular weight is 287 g/mol. The Labute approximate surface area is 121 Å². The Hall–Kier alpha value is -2.27. The zero-order valence-corrected chi connectivity index (χ0v) is 11.6. The lowest BCUT2D eigenvalue weighted by Crippen LogP contribution is -2.03. The smallest absolute Gasteiger partial charge is 0.336 e. The molecule has 2 heterocycles. The topological polar surface area (TPSA) is 78.6 Å². The molecule has 0 fully saturated rings. The molecule has 21 heavy (non-hydrogen) atoms. The van der Waals surface area contributed by atoms with E-state index in [0.717, 1.165) is 30.0 Å². The largest absolute Gasteiger partial charge is 0.486 e. The van der Waals surface area contributed by atoms with Crippen LogP contribution in [0.2, 0.25) is 0 Å². The van der Waals surface area contributed by atoms with Gasteiger partial charge < -0.3 is 19.3 Å². The Morgan fingerprint density at radius 1 is 1.05 bits per heavy atom. The molecule has 0 spiro atoms. The number of hydrogen-bond acceptors (Lipinski definition) is 5. The van der Waals surface area contributed by atoms with Crippen molar-refractivity contribution in [1.82, 2.24) is 0 Å². The molecule has 3 rings (SSSR count). The Kier molecular flexibility index (Phi) is 3.92. The fourth-order valence-corrected chi connectivity index (χ4v) is 2.33. The number of unbranched alkanes of at least 4 members (excludes halogenated alkanes) is 2. The fraction of sp³-hybridized carbons (Fsp3) is 0.312. The molecule has 0 saturated heterocycles. The van der Waals surface area contributed by atoms with Crippen molar-refractivity contribution in [3.05, 3.63) is 40.9 Å². The van der Waals surface area contributed by atoms with E-state index in [4.69, 9.17) is 19.3 Å². The Morgan fingerprint density at radius 3 is 2.76 bits per heavy atom. The van der Waals surface area contributed by atoms with Crippen LogP contribution in [0.25, 0.3) is 21.9 Å². The number of rotatable bonds is 6. The van der Waals surface area contributed by atoms with Crippen molar-refractivity contribution in [1.29, 1.82) is 0 Å². The molecule has 5 heteroatoms. The maximum absolute atomic E-state index is 11.5. The molecule has 0 atom stereocenters. The molecule has 2 N–H and O–H groups in total. The van der Waals surface area contributed by atoms with Crippen LogP contribution >= 0.6 is 0 Å². The first-order valence-electron chi connectivity index (χ1n) is 7.06. The lowest BCUT2D eigenvalue weighted by atomic mass is 10.1. The Morgan fingerprint density at radius 2 is 1.90 bits per heavy atom. The molecular formula is C16H17NO4. The highest BCUT2D eigenvalue weighted by atomic mass is 16.5. The molecule has 0 bridgehead atoms. The number of furan rings is 1. The summed E-state index contributed by atoms with van der Waals surface area (Å²) in [6.07, 6.45) is 4.48. The normalized spacial score (nSPS) is 11.3. The summed E-state index contributed by atoms with van der Waals surface area (Å²) in [5.74, 6) is 0.498. The van der Waals surface area contributed by atoms with Gasteiger partial charge in [0.25, 0.3) is 0 Å². The molecule has 3 aromatic rings. The van der Waals surface area contributed by atoms with E-state index in [1.54, 1.807) is 12.3 Å². The van der Waals surface area contributed by atoms with Crippen LogP contribution in [0.5, 0.6) is 5.75 Å². The second kappa shape index (κ2) is 6.01. The van der Waals surface area contributed by atoms with Gasteiger partial charge in [-0.25, -0.2) is 4.79 Å². The third kappa shape index (κ3) is 2.78. The molecule has 0 aliphatic heterocycles. The lowest BCUT2D eigenvalue weighted by Gasteiger charge is -2.08. The molecule has 1 aromatic carbocycles. The standard InChI is InChI=1S/C16H17NO4/c17-7-2-1-3-8-19-16-14-12(6-9-20-14)10-11-4-5-13(18)21-15(11)16/h4-6,9-10H,1-3,7-8,17H2. The van der Waals surface area contributed by atoms with Gasteiger partial charge in [0.2, 0.25) is 5.75 Å². The van der Waals surface area contributed by atoms with E-state index in [1.165, 1.54) is 6.07 Å². The van der Waals surface area contributed by atoms with Crippen LogP contribution < -0.4 is 16.1 Å². The van der Waals surface area contributed by atoms with Gasteiger partial charge in [-0.05, 0) is 44.0 Å². The highest BCUT2D eigenvalue weighted by Gasteiger charge is 2.14. The molecule has 0 amide bonds. The van der Waals surface area contributed by atoms with Crippen LogP contribution in [0.4, 0.5) is 0 Å². The minimum Gasteiger partial charge on any atom is -0.486 e. The second-order valence-corrected chi connectivity index (χ2v) is 4.92. The Bertz CT molecular complexity index is 803. The van der Waals surface area contributed by atoms with Gasteiger partial charge in [-0.3, -0.25) is 0 Å². The summed E-state index contributed by atoms with van der Waals surface area (Å²) in [6.45, 7) is 1.22. The average Bonchev–Trinajstić information content (AvgIpc) is 2.94. The SMILES string of the molecule is NCCCCCOc1c2occc2cc2ccc(=O)oc12. The zero-order valence-electron chi connectivity index (χ0n) is 11.6. The van der Waals surface area contributed by atoms with E-state index in [9.17, 15) is 4.79 Å². The lowest BCUT2D eigenvalue weighted by molar-refractivity contribution is 0.303. The zero-order chi connectivity index (χ0) is 14.7. The summed E-state index contributed by atoms with van der Waals surface area (Å²) >= 11 is 0. The highest BCUT2D eigenvalue weighted by Crippen LogP contribution is 2.34. The molecule has 0 aliphatic carbocycles. The van der Waals surface area contributed by atoms with Gasteiger partial charge in [-0.1, -0.05) is 0 Å². The van der Waals surface area contributed by atoms with Crippen LogP contribution in [0.1, 0.15) is 19.3 Å². The van der Waals surface area contributed by atoms with E-state index in [1.807, 2.05) is 12.1 Å². The van der Waals surface area contributed by atoms with E-state index in [0.29, 0.717) is 30.1 Å². The minimum atomic E-state index is -0.401. The van der Waals surface area contributed by atoms with Crippen molar-refractivity contribution in [3.63, 3.8) is 0 Å². The molecule has 0 unspecified atom stereocenters. The van der Waals surface area contributed by atoms with E-state index < -0.39 is 5.63 Å². The number of ether oxygens (including phenoxy) is 1. The van der Waals surface area contributed by atoms with Crippen molar-refractivity contribution in [3.8, 4) is 5.75 Å². The maximum Gasteiger partial charge on any atom is 0.336 e. The molecule has 110 valence electrons. The number of fused-ring (bicyclic) bond motifs is 2. The summed E-state index contributed by atoms with van der Waals surface area (Å²) in [4.78, 5) is 11.5. The van der Waals surface area contributed by atoms with Crippen molar-refractivity contribution in [2.24, 2.45) is 5.73 Å². The quantitative estimate of drug-likeness (QED) is 0.557. The van der Waals surface area contributed by atoms with Gasteiger partial charge in [0.05, 0.1) is 12.9 Å². The van der Waals surface area contributed by atoms with Crippen LogP contribution in [0.15, 0.2) is 44.2 Å². The Balaban J connectivity index is 1.97. The van der Waals surface area contributed by atoms with Crippen molar-refractivity contribution in [2.45, 2.75) is 19.3 Å². The van der Waals surface area contributed by atoms with Gasteiger partial charge in [0, 0.05) is 16.8 Å². The van der Waals surface area contributed by atoms with Gasteiger partial charge in [-0.2, -0.15) is 0 Å². The molecular weight excluding hydrogens is 270 g/mol. The minimum absolute atomic E-state index is 0.401. The molecule has 0 aliphatic rings. The van der Waals surface area contributed by atoms with Crippen molar-refractivity contribution < 1.29 is 13.6 Å². The first-order chi connectivity index (χ1) is 10.3. The van der Waals surface area contributed by atoms with Crippen LogP contribution in [-0.2, 0) is 0 Å². The molecule has 0 radical (unpaired) electrons. The van der Waals surface area contributed by atoms with Crippen LogP contribution in [0.3, 0.4) is 0 Å². The first kappa shape index (κ1) is 13.7. The predicted molar refractivity (Wildman–Crippen MR) is 80.7 cm³/mol. The predicted octanol–water partition coefficient (Wildman–Crippen LogP) is 3.05. The monoisotopic (exact) mass is 287 g/mol. The first-order valence-corrected chi connectivity index (χ1v) is 7.06. The van der Waals surface area contributed by atoms with Crippen LogP contribution in [-0.4, -0.2) is 13.2 Å². The van der Waals surface area contributed by atoms with Gasteiger partial charge in [-0.15, -0.1) is 0 Å². The molecule has 2 aromatic heterocycles. The summed E-state index contributed by atoms with van der Waals surface area (Å²) in [5.41, 5.74) is 6.11. The van der Waals surface area contributed by atoms with Crippen molar-refractivity contribution in [2.75, 3.05) is 13.2 Å². The van der Waals surface area contributed by atoms with E-state index in [-0.39, 0.29) is 0 Å². The third-order valence-corrected chi connectivity index (χ3v) is 3.38. The number of hydrogen-bond donors (Lipinski definition) is 1. The fourth-order valence-electron chi connectivity index (χ4n) is 2.33. The summed E-state index contributed by atoms with van der Waals surface area (Å²) in [5, 5.41) is 1.74. The van der Waals surface area contributed by atoms with E-state index in [2.05, 4.69) is 0 Å². The third-order valence-electron chi connectivity index (χ3n) is 3.38. The van der Waals surface area contributed by atoms with E-state index >= 15 is 0 Å². The van der Waals surface area contributed by atoms with Gasteiger partial charge in [0.1, 0.15) is 0 Å². The highest BCUT2D eigenvalue weighted by molar-refractivity contribution is 5.99. The molecule has 0 saturated carbocycles. The number of nitrogens with two attached hydrogens (primary N) is 1. The van der Waals surface area contributed by atoms with Crippen molar-refractivity contribution >= 4 is 21.9 Å². The summed E-state index contributed by atoms with van der Waals surface area (Å²) < 4.78 is 16.6. The molecule has 5 nitrogen and oxygen atoms in total. The summed E-state index contributed by atoms with van der Waals surface area (Å²) in [7, 11) is 0. The number of benzene rings is 1. The van der Waals surface area contributed by atoms with Gasteiger partial charge >= 0.3 is 5.63 Å². The maximum atomic E-state index is 11.5.